The Morgan fingerprint density at radius 2 is 1.65 bits per heavy atom. The fourth-order valence-electron chi connectivity index (χ4n) is 1.96. The van der Waals surface area contributed by atoms with Crippen molar-refractivity contribution in [2.75, 3.05) is 5.73 Å². The van der Waals surface area contributed by atoms with Gasteiger partial charge in [0.15, 0.2) is 0 Å². The molecule has 116 valence electrons. The number of nitrogen functional groups attached to an aromatic ring is 1. The van der Waals surface area contributed by atoms with E-state index in [0.717, 1.165) is 12.1 Å². The molecule has 2 aromatic rings. The maximum atomic E-state index is 12.2. The second-order valence-corrected chi connectivity index (χ2v) is 4.70. The number of H-pyrrole nitrogens is 1. The number of nitrogens with zero attached hydrogens (tertiary/aromatic N) is 2. The average Bonchev–Trinajstić information content (AvgIpc) is 2.46. The molecule has 0 fully saturated rings. The Labute approximate surface area is 133 Å². The largest absolute Gasteiger partial charge is 0.573 e. The summed E-state index contributed by atoms with van der Waals surface area (Å²) in [5.74, 6) is -0.450. The standard InChI is InChI=1S/C14H7F3N4OS/c15-14(16,17)22-8-3-1-7(2-4-8)11-9(5-18)12(20)21-13(23)10(11)6-19/h1-4H,(H3,20,21,23). The number of pyridine rings is 1. The van der Waals surface area contributed by atoms with E-state index >= 15 is 0 Å². The molecule has 0 unspecified atom stereocenters. The summed E-state index contributed by atoms with van der Waals surface area (Å²) in [4.78, 5) is 2.54. The van der Waals surface area contributed by atoms with Crippen LogP contribution in [0.25, 0.3) is 11.1 Å². The number of nitriles is 2. The highest BCUT2D eigenvalue weighted by Gasteiger charge is 2.31. The lowest BCUT2D eigenvalue weighted by Crippen LogP contribution is -2.16. The van der Waals surface area contributed by atoms with E-state index < -0.39 is 12.1 Å². The minimum absolute atomic E-state index is 0.00948. The van der Waals surface area contributed by atoms with Gasteiger partial charge in [0, 0.05) is 5.56 Å². The van der Waals surface area contributed by atoms with E-state index in [0.29, 0.717) is 5.56 Å². The van der Waals surface area contributed by atoms with Crippen molar-refractivity contribution in [3.05, 3.63) is 40.0 Å². The first-order valence-electron chi connectivity index (χ1n) is 5.99. The minimum atomic E-state index is -4.81. The van der Waals surface area contributed by atoms with E-state index in [9.17, 15) is 23.7 Å². The third-order valence-electron chi connectivity index (χ3n) is 2.84. The number of aromatic nitrogens is 1. The molecule has 3 N–H and O–H groups in total. The van der Waals surface area contributed by atoms with Crippen LogP contribution < -0.4 is 10.5 Å². The molecule has 1 aromatic heterocycles. The van der Waals surface area contributed by atoms with Gasteiger partial charge in [0.1, 0.15) is 33.9 Å². The van der Waals surface area contributed by atoms with Gasteiger partial charge in [-0.25, -0.2) is 0 Å². The van der Waals surface area contributed by atoms with Crippen molar-refractivity contribution in [3.63, 3.8) is 0 Å². The predicted octanol–water partition coefficient (Wildman–Crippen LogP) is 3.64. The summed E-state index contributed by atoms with van der Waals surface area (Å²) in [5.41, 5.74) is 6.16. The lowest BCUT2D eigenvalue weighted by Gasteiger charge is -2.12. The van der Waals surface area contributed by atoms with Gasteiger partial charge in [0.05, 0.1) is 5.56 Å². The van der Waals surface area contributed by atoms with E-state index in [2.05, 4.69) is 9.72 Å². The highest BCUT2D eigenvalue weighted by atomic mass is 32.1. The van der Waals surface area contributed by atoms with E-state index in [1.165, 1.54) is 12.1 Å². The van der Waals surface area contributed by atoms with Crippen molar-refractivity contribution in [2.24, 2.45) is 0 Å². The molecule has 9 heteroatoms. The Bertz CT molecular complexity index is 889. The molecule has 0 atom stereocenters. The maximum Gasteiger partial charge on any atom is 0.573 e. The third-order valence-corrected chi connectivity index (χ3v) is 3.15. The van der Waals surface area contributed by atoms with Gasteiger partial charge in [0.25, 0.3) is 0 Å². The van der Waals surface area contributed by atoms with Crippen LogP contribution in [0.3, 0.4) is 0 Å². The van der Waals surface area contributed by atoms with Crippen LogP contribution >= 0.6 is 12.2 Å². The second kappa shape index (κ2) is 5.99. The summed E-state index contributed by atoms with van der Waals surface area (Å²) >= 11 is 4.99. The van der Waals surface area contributed by atoms with Crippen LogP contribution in [0.15, 0.2) is 24.3 Å². The lowest BCUT2D eigenvalue weighted by atomic mass is 9.97. The number of nitrogens with one attached hydrogen (secondary N) is 1. The lowest BCUT2D eigenvalue weighted by molar-refractivity contribution is -0.274. The summed E-state index contributed by atoms with van der Waals surface area (Å²) in [6.07, 6.45) is -4.81. The Balaban J connectivity index is 2.61. The Hall–Kier alpha value is -3.04. The van der Waals surface area contributed by atoms with Gasteiger partial charge in [-0.2, -0.15) is 10.5 Å². The molecule has 0 aliphatic carbocycles. The van der Waals surface area contributed by atoms with Crippen LogP contribution in [-0.2, 0) is 0 Å². The number of aromatic amines is 1. The van der Waals surface area contributed by atoms with Crippen molar-refractivity contribution in [1.82, 2.24) is 4.98 Å². The number of rotatable bonds is 2. The minimum Gasteiger partial charge on any atom is -0.406 e. The molecule has 5 nitrogen and oxygen atoms in total. The monoisotopic (exact) mass is 336 g/mol. The normalized spacial score (nSPS) is 10.7. The van der Waals surface area contributed by atoms with Crippen LogP contribution in [-0.4, -0.2) is 11.3 Å². The molecule has 1 heterocycles. The summed E-state index contributed by atoms with van der Waals surface area (Å²) in [6.45, 7) is 0. The van der Waals surface area contributed by atoms with Crippen molar-refractivity contribution >= 4 is 18.0 Å². The quantitative estimate of drug-likeness (QED) is 0.816. The van der Waals surface area contributed by atoms with Gasteiger partial charge in [-0.05, 0) is 17.7 Å². The van der Waals surface area contributed by atoms with E-state index in [1.54, 1.807) is 0 Å². The van der Waals surface area contributed by atoms with Crippen molar-refractivity contribution in [3.8, 4) is 29.0 Å². The molecule has 0 amide bonds. The molecule has 0 aliphatic heterocycles. The first kappa shape index (κ1) is 16.3. The maximum absolute atomic E-state index is 12.2. The number of ether oxygens (including phenoxy) is 1. The molecule has 0 radical (unpaired) electrons. The first-order valence-corrected chi connectivity index (χ1v) is 6.39. The summed E-state index contributed by atoms with van der Waals surface area (Å²) in [6, 6.07) is 8.43. The number of benzene rings is 1. The van der Waals surface area contributed by atoms with E-state index in [4.69, 9.17) is 18.0 Å². The number of hydrogen-bond acceptors (Lipinski definition) is 5. The SMILES string of the molecule is N#Cc1c(N)[nH]c(=S)c(C#N)c1-c1ccc(OC(F)(F)F)cc1. The number of nitrogens with two attached hydrogens (primary N) is 1. The van der Waals surface area contributed by atoms with Crippen LogP contribution in [0, 0.1) is 27.3 Å². The van der Waals surface area contributed by atoms with Crippen LogP contribution in [0.2, 0.25) is 0 Å². The zero-order chi connectivity index (χ0) is 17.2. The van der Waals surface area contributed by atoms with Crippen LogP contribution in [0.4, 0.5) is 19.0 Å². The molecule has 1 aromatic carbocycles. The van der Waals surface area contributed by atoms with Gasteiger partial charge in [-0.15, -0.1) is 13.2 Å². The number of halogens is 3. The predicted molar refractivity (Wildman–Crippen MR) is 77.6 cm³/mol. The molecule has 0 aliphatic rings. The highest BCUT2D eigenvalue weighted by Crippen LogP contribution is 2.32. The molecule has 2 rings (SSSR count). The van der Waals surface area contributed by atoms with E-state index in [-0.39, 0.29) is 27.1 Å². The third kappa shape index (κ3) is 3.42. The molecular formula is C14H7F3N4OS. The van der Waals surface area contributed by atoms with Crippen LogP contribution in [0.1, 0.15) is 11.1 Å². The van der Waals surface area contributed by atoms with Gasteiger partial charge in [-0.3, -0.25) is 0 Å². The summed E-state index contributed by atoms with van der Waals surface area (Å²) in [5, 5.41) is 18.4. The fraction of sp³-hybridized carbons (Fsp3) is 0.0714. The molecule has 0 bridgehead atoms. The van der Waals surface area contributed by atoms with Crippen LogP contribution in [0.5, 0.6) is 5.75 Å². The average molecular weight is 336 g/mol. The Kier molecular flexibility index (Phi) is 4.25. The Morgan fingerprint density at radius 3 is 2.13 bits per heavy atom. The number of hydrogen-bond donors (Lipinski definition) is 2. The second-order valence-electron chi connectivity index (χ2n) is 4.29. The molecule has 0 saturated heterocycles. The highest BCUT2D eigenvalue weighted by molar-refractivity contribution is 7.71. The van der Waals surface area contributed by atoms with Gasteiger partial charge < -0.3 is 15.5 Å². The zero-order valence-electron chi connectivity index (χ0n) is 11.2. The van der Waals surface area contributed by atoms with Gasteiger partial charge >= 0.3 is 6.36 Å². The molecule has 23 heavy (non-hydrogen) atoms. The van der Waals surface area contributed by atoms with Crippen molar-refractivity contribution in [1.29, 1.82) is 10.5 Å². The first-order chi connectivity index (χ1) is 10.8. The molecule has 0 saturated carbocycles. The Morgan fingerprint density at radius 1 is 1.09 bits per heavy atom. The number of anilines is 1. The molecular weight excluding hydrogens is 329 g/mol. The topological polar surface area (TPSA) is 98.6 Å². The van der Waals surface area contributed by atoms with Gasteiger partial charge in [-0.1, -0.05) is 24.4 Å². The summed E-state index contributed by atoms with van der Waals surface area (Å²) < 4.78 is 40.3. The van der Waals surface area contributed by atoms with Crippen molar-refractivity contribution in [2.45, 2.75) is 6.36 Å². The zero-order valence-corrected chi connectivity index (χ0v) is 12.0. The number of alkyl halides is 3. The smallest absolute Gasteiger partial charge is 0.406 e. The summed E-state index contributed by atoms with van der Waals surface area (Å²) in [7, 11) is 0. The van der Waals surface area contributed by atoms with Gasteiger partial charge in [0.2, 0.25) is 0 Å². The molecule has 0 spiro atoms. The van der Waals surface area contributed by atoms with Crippen molar-refractivity contribution < 1.29 is 17.9 Å². The fourth-order valence-corrected chi connectivity index (χ4v) is 2.21. The van der Waals surface area contributed by atoms with E-state index in [1.807, 2.05) is 12.1 Å².